The number of furan rings is 1. The molecule has 3 aromatic rings. The Balaban J connectivity index is 1.45. The van der Waals surface area contributed by atoms with E-state index in [1.165, 1.54) is 11.8 Å². The van der Waals surface area contributed by atoms with E-state index in [4.69, 9.17) is 9.15 Å². The molecule has 1 amide bonds. The molecule has 2 aromatic heterocycles. The fourth-order valence-electron chi connectivity index (χ4n) is 3.24. The number of carbonyl (C=O) groups excluding carboxylic acids is 1. The molecule has 1 atom stereocenters. The summed E-state index contributed by atoms with van der Waals surface area (Å²) >= 11 is 1.43. The molecule has 1 saturated heterocycles. The molecule has 0 spiro atoms. The van der Waals surface area contributed by atoms with Crippen molar-refractivity contribution in [2.45, 2.75) is 30.6 Å². The van der Waals surface area contributed by atoms with E-state index in [9.17, 15) is 4.79 Å². The van der Waals surface area contributed by atoms with Gasteiger partial charge in [0, 0.05) is 13.2 Å². The number of ether oxygens (including phenoxy) is 1. The van der Waals surface area contributed by atoms with Crippen LogP contribution in [0.2, 0.25) is 0 Å². The van der Waals surface area contributed by atoms with Crippen LogP contribution in [0.25, 0.3) is 11.3 Å². The summed E-state index contributed by atoms with van der Waals surface area (Å²) in [6, 6.07) is 13.9. The molecule has 1 aliphatic heterocycles. The van der Waals surface area contributed by atoms with Gasteiger partial charge in [0.25, 0.3) is 0 Å². The lowest BCUT2D eigenvalue weighted by molar-refractivity contribution is -0.119. The van der Waals surface area contributed by atoms with Crippen LogP contribution in [0.3, 0.4) is 0 Å². The van der Waals surface area contributed by atoms with Gasteiger partial charge in [-0.25, -0.2) is 4.98 Å². The molecule has 4 rings (SSSR count). The molecule has 146 valence electrons. The molecule has 0 aliphatic carbocycles. The van der Waals surface area contributed by atoms with Crippen LogP contribution in [-0.4, -0.2) is 40.5 Å². The van der Waals surface area contributed by atoms with Crippen LogP contribution in [0.1, 0.15) is 18.6 Å². The van der Waals surface area contributed by atoms with Crippen LogP contribution >= 0.6 is 11.8 Å². The number of hydrogen-bond donors (Lipinski definition) is 1. The maximum absolute atomic E-state index is 12.2. The molecule has 6 nitrogen and oxygen atoms in total. The molecule has 1 fully saturated rings. The number of nitrogens with one attached hydrogen (secondary N) is 1. The number of imidazole rings is 1. The zero-order valence-corrected chi connectivity index (χ0v) is 16.4. The highest BCUT2D eigenvalue weighted by atomic mass is 32.2. The maximum atomic E-state index is 12.2. The van der Waals surface area contributed by atoms with Crippen LogP contribution in [0.4, 0.5) is 0 Å². The summed E-state index contributed by atoms with van der Waals surface area (Å²) in [7, 11) is 0. The smallest absolute Gasteiger partial charge is 0.230 e. The number of hydrogen-bond acceptors (Lipinski definition) is 5. The van der Waals surface area contributed by atoms with Crippen molar-refractivity contribution >= 4 is 17.7 Å². The van der Waals surface area contributed by atoms with E-state index in [1.54, 1.807) is 6.26 Å². The molecular weight excluding hydrogens is 374 g/mol. The molecule has 28 heavy (non-hydrogen) atoms. The zero-order chi connectivity index (χ0) is 19.2. The van der Waals surface area contributed by atoms with Crippen molar-refractivity contribution in [2.24, 2.45) is 0 Å². The third kappa shape index (κ3) is 4.66. The predicted molar refractivity (Wildman–Crippen MR) is 108 cm³/mol. The highest BCUT2D eigenvalue weighted by Crippen LogP contribution is 2.27. The van der Waals surface area contributed by atoms with Gasteiger partial charge in [-0.3, -0.25) is 4.79 Å². The number of nitrogens with zero attached hydrogens (tertiary/aromatic N) is 2. The molecule has 1 N–H and O–H groups in total. The van der Waals surface area contributed by atoms with Gasteiger partial charge in [0.2, 0.25) is 5.91 Å². The minimum atomic E-state index is -0.00527. The third-order valence-corrected chi connectivity index (χ3v) is 5.66. The quantitative estimate of drug-likeness (QED) is 0.589. The predicted octanol–water partition coefficient (Wildman–Crippen LogP) is 3.58. The first-order valence-corrected chi connectivity index (χ1v) is 10.4. The molecule has 7 heteroatoms. The summed E-state index contributed by atoms with van der Waals surface area (Å²) in [6.45, 7) is 1.94. The Bertz CT molecular complexity index is 887. The summed E-state index contributed by atoms with van der Waals surface area (Å²) in [5.41, 5.74) is 2.08. The first kappa shape index (κ1) is 18.8. The standard InChI is InChI=1S/C21H23N3O3S/c25-20(22-12-17-8-4-10-26-17)15-28-21-23-13-19(16-6-2-1-3-7-16)24(21)14-18-9-5-11-27-18/h1-3,5-7,9,11,13,17H,4,8,10,12,14-15H2,(H,22,25). The van der Waals surface area contributed by atoms with E-state index in [0.29, 0.717) is 18.8 Å². The topological polar surface area (TPSA) is 69.3 Å². The molecular formula is C21H23N3O3S. The van der Waals surface area contributed by atoms with E-state index < -0.39 is 0 Å². The van der Waals surface area contributed by atoms with E-state index >= 15 is 0 Å². The summed E-state index contributed by atoms with van der Waals surface area (Å²) in [6.07, 6.45) is 5.76. The van der Waals surface area contributed by atoms with Gasteiger partial charge in [-0.1, -0.05) is 42.1 Å². The number of rotatable bonds is 8. The van der Waals surface area contributed by atoms with Crippen molar-refractivity contribution in [3.63, 3.8) is 0 Å². The Morgan fingerprint density at radius 3 is 2.89 bits per heavy atom. The maximum Gasteiger partial charge on any atom is 0.230 e. The normalized spacial score (nSPS) is 16.4. The number of carbonyl (C=O) groups is 1. The Hall–Kier alpha value is -2.51. The highest BCUT2D eigenvalue weighted by molar-refractivity contribution is 7.99. The summed E-state index contributed by atoms with van der Waals surface area (Å²) in [4.78, 5) is 16.8. The van der Waals surface area contributed by atoms with Gasteiger partial charge in [0.15, 0.2) is 5.16 Å². The van der Waals surface area contributed by atoms with E-state index in [2.05, 4.69) is 27.0 Å². The monoisotopic (exact) mass is 397 g/mol. The van der Waals surface area contributed by atoms with E-state index in [0.717, 1.165) is 41.6 Å². The van der Waals surface area contributed by atoms with Gasteiger partial charge >= 0.3 is 0 Å². The van der Waals surface area contributed by atoms with Crippen molar-refractivity contribution in [1.82, 2.24) is 14.9 Å². The van der Waals surface area contributed by atoms with E-state index in [-0.39, 0.29) is 12.0 Å². The Kier molecular flexibility index (Phi) is 6.14. The SMILES string of the molecule is O=C(CSc1ncc(-c2ccccc2)n1Cc1ccco1)NCC1CCCO1. The molecule has 0 radical (unpaired) electrons. The van der Waals surface area contributed by atoms with Crippen LogP contribution < -0.4 is 5.32 Å². The second kappa shape index (κ2) is 9.12. The van der Waals surface area contributed by atoms with Crippen molar-refractivity contribution in [2.75, 3.05) is 18.9 Å². The molecule has 1 aliphatic rings. The lowest BCUT2D eigenvalue weighted by Gasteiger charge is -2.12. The van der Waals surface area contributed by atoms with Gasteiger partial charge in [-0.2, -0.15) is 0 Å². The Morgan fingerprint density at radius 2 is 2.14 bits per heavy atom. The average Bonchev–Trinajstić information content (AvgIpc) is 3.48. The fourth-order valence-corrected chi connectivity index (χ4v) is 4.05. The molecule has 1 aromatic carbocycles. The first-order valence-electron chi connectivity index (χ1n) is 9.44. The van der Waals surface area contributed by atoms with Gasteiger partial charge < -0.3 is 19.0 Å². The molecule has 0 saturated carbocycles. The van der Waals surface area contributed by atoms with Crippen molar-refractivity contribution in [1.29, 1.82) is 0 Å². The van der Waals surface area contributed by atoms with Crippen LogP contribution in [0.15, 0.2) is 64.5 Å². The average molecular weight is 398 g/mol. The minimum absolute atomic E-state index is 0.00527. The summed E-state index contributed by atoms with van der Waals surface area (Å²) in [5, 5.41) is 3.75. The molecule has 3 heterocycles. The summed E-state index contributed by atoms with van der Waals surface area (Å²) in [5.74, 6) is 1.16. The fraction of sp³-hybridized carbons (Fsp3) is 0.333. The molecule has 0 bridgehead atoms. The second-order valence-electron chi connectivity index (χ2n) is 6.69. The first-order chi connectivity index (χ1) is 13.8. The van der Waals surface area contributed by atoms with Crippen LogP contribution in [0, 0.1) is 0 Å². The van der Waals surface area contributed by atoms with E-state index in [1.807, 2.05) is 36.5 Å². The lowest BCUT2D eigenvalue weighted by atomic mass is 10.2. The Morgan fingerprint density at radius 1 is 1.25 bits per heavy atom. The van der Waals surface area contributed by atoms with Gasteiger partial charge in [0.1, 0.15) is 5.76 Å². The highest BCUT2D eigenvalue weighted by Gasteiger charge is 2.18. The third-order valence-electron chi connectivity index (χ3n) is 4.67. The van der Waals surface area contributed by atoms with Gasteiger partial charge in [0.05, 0.1) is 36.6 Å². The van der Waals surface area contributed by atoms with Gasteiger partial charge in [-0.05, 0) is 30.5 Å². The number of thioether (sulfide) groups is 1. The van der Waals surface area contributed by atoms with Crippen LogP contribution in [-0.2, 0) is 16.1 Å². The largest absolute Gasteiger partial charge is 0.467 e. The van der Waals surface area contributed by atoms with Crippen molar-refractivity contribution < 1.29 is 13.9 Å². The summed E-state index contributed by atoms with van der Waals surface area (Å²) < 4.78 is 13.2. The second-order valence-corrected chi connectivity index (χ2v) is 7.63. The molecule has 1 unspecified atom stereocenters. The van der Waals surface area contributed by atoms with Crippen molar-refractivity contribution in [3.05, 3.63) is 60.7 Å². The minimum Gasteiger partial charge on any atom is -0.467 e. The number of amides is 1. The lowest BCUT2D eigenvalue weighted by Crippen LogP contribution is -2.32. The number of benzene rings is 1. The Labute approximate surface area is 168 Å². The zero-order valence-electron chi connectivity index (χ0n) is 15.5. The van der Waals surface area contributed by atoms with Crippen molar-refractivity contribution in [3.8, 4) is 11.3 Å². The number of aromatic nitrogens is 2. The van der Waals surface area contributed by atoms with Gasteiger partial charge in [-0.15, -0.1) is 0 Å². The van der Waals surface area contributed by atoms with Crippen LogP contribution in [0.5, 0.6) is 0 Å².